The van der Waals surface area contributed by atoms with Crippen LogP contribution in [0.4, 0.5) is 11.6 Å². The average molecular weight is 323 g/mol. The van der Waals surface area contributed by atoms with Gasteiger partial charge in [0.2, 0.25) is 11.8 Å². The minimum absolute atomic E-state index is 0.0504. The van der Waals surface area contributed by atoms with Crippen LogP contribution in [-0.2, 0) is 0 Å². The minimum atomic E-state index is 0.0504. The molecule has 0 aliphatic heterocycles. The topological polar surface area (TPSA) is 73.1 Å². The molecule has 1 atom stereocenters. The van der Waals surface area contributed by atoms with E-state index in [1.807, 2.05) is 31.2 Å². The molecule has 1 aromatic heterocycles. The van der Waals surface area contributed by atoms with Crippen molar-refractivity contribution in [1.82, 2.24) is 9.97 Å². The van der Waals surface area contributed by atoms with Crippen LogP contribution in [0.15, 0.2) is 34.9 Å². The summed E-state index contributed by atoms with van der Waals surface area (Å²) < 4.78 is 5.85. The van der Waals surface area contributed by atoms with Crippen molar-refractivity contribution < 1.29 is 4.74 Å². The number of aromatic nitrogens is 2. The molecule has 0 saturated carbocycles. The van der Waals surface area contributed by atoms with E-state index in [2.05, 4.69) is 31.2 Å². The van der Waals surface area contributed by atoms with Crippen LogP contribution in [0, 0.1) is 0 Å². The highest BCUT2D eigenvalue weighted by Gasteiger charge is 2.09. The third kappa shape index (κ3) is 3.35. The molecule has 2 aromatic rings. The van der Waals surface area contributed by atoms with Crippen molar-refractivity contribution in [3.05, 3.63) is 40.5 Å². The van der Waals surface area contributed by atoms with Crippen molar-refractivity contribution in [1.29, 1.82) is 0 Å². The smallest absolute Gasteiger partial charge is 0.232 e. The number of methoxy groups -OCH3 is 1. The highest BCUT2D eigenvalue weighted by Crippen LogP contribution is 2.24. The summed E-state index contributed by atoms with van der Waals surface area (Å²) in [5, 5.41) is 3.21. The van der Waals surface area contributed by atoms with E-state index in [0.717, 1.165) is 15.7 Å². The second-order valence-electron chi connectivity index (χ2n) is 4.09. The molecular formula is C13H15BrN4O. The molecule has 1 unspecified atom stereocenters. The largest absolute Gasteiger partial charge is 0.480 e. The molecule has 2 rings (SSSR count). The fraction of sp³-hybridized carbons (Fsp3) is 0.231. The summed E-state index contributed by atoms with van der Waals surface area (Å²) in [7, 11) is 1.57. The van der Waals surface area contributed by atoms with Gasteiger partial charge in [-0.25, -0.2) is 4.98 Å². The molecule has 1 heterocycles. The Bertz CT molecular complexity index is 576. The van der Waals surface area contributed by atoms with Gasteiger partial charge in [0.15, 0.2) is 0 Å². The molecule has 19 heavy (non-hydrogen) atoms. The van der Waals surface area contributed by atoms with Gasteiger partial charge < -0.3 is 15.8 Å². The Labute approximate surface area is 120 Å². The molecule has 0 spiro atoms. The zero-order valence-electron chi connectivity index (χ0n) is 10.7. The Balaban J connectivity index is 2.17. The van der Waals surface area contributed by atoms with Crippen molar-refractivity contribution in [2.24, 2.45) is 0 Å². The number of hydrogen-bond acceptors (Lipinski definition) is 5. The summed E-state index contributed by atoms with van der Waals surface area (Å²) in [6, 6.07) is 7.76. The van der Waals surface area contributed by atoms with Crippen LogP contribution < -0.4 is 15.8 Å². The Morgan fingerprint density at radius 3 is 2.89 bits per heavy atom. The van der Waals surface area contributed by atoms with E-state index >= 15 is 0 Å². The van der Waals surface area contributed by atoms with E-state index in [1.165, 1.54) is 0 Å². The Hall–Kier alpha value is -1.82. The molecule has 0 aliphatic rings. The number of nitrogen functional groups attached to an aromatic ring is 1. The van der Waals surface area contributed by atoms with Gasteiger partial charge in [-0.15, -0.1) is 0 Å². The fourth-order valence-electron chi connectivity index (χ4n) is 1.67. The first kappa shape index (κ1) is 13.6. The first-order chi connectivity index (χ1) is 9.10. The lowest BCUT2D eigenvalue weighted by Gasteiger charge is -2.15. The number of nitrogens with one attached hydrogen (secondary N) is 1. The van der Waals surface area contributed by atoms with Gasteiger partial charge in [-0.1, -0.05) is 12.1 Å². The van der Waals surface area contributed by atoms with Gasteiger partial charge in [0.25, 0.3) is 0 Å². The van der Waals surface area contributed by atoms with E-state index in [9.17, 15) is 0 Å². The summed E-state index contributed by atoms with van der Waals surface area (Å²) >= 11 is 3.32. The second-order valence-corrected chi connectivity index (χ2v) is 4.94. The Morgan fingerprint density at radius 1 is 1.42 bits per heavy atom. The first-order valence-electron chi connectivity index (χ1n) is 5.78. The molecule has 3 N–H and O–H groups in total. The van der Waals surface area contributed by atoms with Gasteiger partial charge in [0.05, 0.1) is 23.8 Å². The third-order valence-corrected chi connectivity index (χ3v) is 3.21. The van der Waals surface area contributed by atoms with Gasteiger partial charge in [-0.3, -0.25) is 0 Å². The number of ether oxygens (including phenoxy) is 1. The van der Waals surface area contributed by atoms with Crippen LogP contribution in [0.5, 0.6) is 5.88 Å². The normalized spacial score (nSPS) is 11.9. The standard InChI is InChI=1S/C13H15BrN4O/c1-8(9-4-3-5-10(15)6-9)17-13-16-7-11(14)12(18-13)19-2/h3-8H,15H2,1-2H3,(H,16,17,18). The molecule has 0 aliphatic carbocycles. The molecule has 5 nitrogen and oxygen atoms in total. The number of anilines is 2. The lowest BCUT2D eigenvalue weighted by Crippen LogP contribution is -2.10. The SMILES string of the molecule is COc1nc(NC(C)c2cccc(N)c2)ncc1Br. The Morgan fingerprint density at radius 2 is 2.21 bits per heavy atom. The molecule has 0 bridgehead atoms. The van der Waals surface area contributed by atoms with Gasteiger partial charge in [0, 0.05) is 5.69 Å². The number of nitrogens with zero attached hydrogens (tertiary/aromatic N) is 2. The quantitative estimate of drug-likeness (QED) is 0.846. The van der Waals surface area contributed by atoms with E-state index in [-0.39, 0.29) is 6.04 Å². The molecular weight excluding hydrogens is 308 g/mol. The summed E-state index contributed by atoms with van der Waals surface area (Å²) in [5.41, 5.74) is 7.58. The number of benzene rings is 1. The predicted octanol–water partition coefficient (Wildman–Crippen LogP) is 3.00. The number of hydrogen-bond donors (Lipinski definition) is 2. The highest BCUT2D eigenvalue weighted by molar-refractivity contribution is 9.10. The number of halogens is 1. The first-order valence-corrected chi connectivity index (χ1v) is 6.58. The van der Waals surface area contributed by atoms with E-state index in [1.54, 1.807) is 13.3 Å². The van der Waals surface area contributed by atoms with Crippen LogP contribution in [0.25, 0.3) is 0 Å². The molecule has 1 aromatic carbocycles. The van der Waals surface area contributed by atoms with Crippen molar-refractivity contribution in [3.8, 4) is 5.88 Å². The summed E-state index contributed by atoms with van der Waals surface area (Å²) in [4.78, 5) is 8.45. The lowest BCUT2D eigenvalue weighted by molar-refractivity contribution is 0.394. The van der Waals surface area contributed by atoms with E-state index < -0.39 is 0 Å². The van der Waals surface area contributed by atoms with E-state index in [4.69, 9.17) is 10.5 Å². The van der Waals surface area contributed by atoms with Crippen molar-refractivity contribution in [3.63, 3.8) is 0 Å². The minimum Gasteiger partial charge on any atom is -0.480 e. The lowest BCUT2D eigenvalue weighted by atomic mass is 10.1. The number of rotatable bonds is 4. The number of nitrogens with two attached hydrogens (primary N) is 1. The zero-order valence-corrected chi connectivity index (χ0v) is 12.3. The molecule has 0 radical (unpaired) electrons. The molecule has 0 saturated heterocycles. The molecule has 6 heteroatoms. The van der Waals surface area contributed by atoms with Crippen LogP contribution in [0.3, 0.4) is 0 Å². The summed E-state index contributed by atoms with van der Waals surface area (Å²) in [6.07, 6.45) is 1.65. The molecule has 0 amide bonds. The molecule has 100 valence electrons. The second kappa shape index (κ2) is 5.88. The average Bonchev–Trinajstić information content (AvgIpc) is 2.41. The van der Waals surface area contributed by atoms with Crippen LogP contribution in [-0.4, -0.2) is 17.1 Å². The monoisotopic (exact) mass is 322 g/mol. The van der Waals surface area contributed by atoms with Crippen molar-refractivity contribution >= 4 is 27.6 Å². The van der Waals surface area contributed by atoms with Crippen LogP contribution in [0.1, 0.15) is 18.5 Å². The van der Waals surface area contributed by atoms with Gasteiger partial charge in [0.1, 0.15) is 0 Å². The van der Waals surface area contributed by atoms with Crippen molar-refractivity contribution in [2.45, 2.75) is 13.0 Å². The maximum absolute atomic E-state index is 5.77. The van der Waals surface area contributed by atoms with Gasteiger partial charge in [-0.05, 0) is 40.5 Å². The predicted molar refractivity (Wildman–Crippen MR) is 79.2 cm³/mol. The van der Waals surface area contributed by atoms with E-state index in [0.29, 0.717) is 11.8 Å². The maximum atomic E-state index is 5.77. The zero-order chi connectivity index (χ0) is 13.8. The van der Waals surface area contributed by atoms with Gasteiger partial charge >= 0.3 is 0 Å². The van der Waals surface area contributed by atoms with Crippen molar-refractivity contribution in [2.75, 3.05) is 18.2 Å². The highest BCUT2D eigenvalue weighted by atomic mass is 79.9. The van der Waals surface area contributed by atoms with Gasteiger partial charge in [-0.2, -0.15) is 4.98 Å². The molecule has 0 fully saturated rings. The third-order valence-electron chi connectivity index (χ3n) is 2.66. The fourth-order valence-corrected chi connectivity index (χ4v) is 2.02. The Kier molecular flexibility index (Phi) is 4.21. The van der Waals surface area contributed by atoms with Crippen LogP contribution >= 0.6 is 15.9 Å². The summed E-state index contributed by atoms with van der Waals surface area (Å²) in [6.45, 7) is 2.02. The van der Waals surface area contributed by atoms with Crippen LogP contribution in [0.2, 0.25) is 0 Å². The maximum Gasteiger partial charge on any atom is 0.232 e. The summed E-state index contributed by atoms with van der Waals surface area (Å²) in [5.74, 6) is 1.01.